The summed E-state index contributed by atoms with van der Waals surface area (Å²) in [6.45, 7) is 0. The Labute approximate surface area is 647 Å². The molecule has 27 rings (SSSR count). The SMILES string of the molecule is c1ccc2c(c1)oc1cc(-n3c4ccccc4c4c5sc6ccccc6c5c5ccccc5c43)ccc12.c1ccc2c(c1)oc1ccc(-n3c4ccccc4c4c5ccccc5c5sc6ccccc6c5c43)cc12.c1ccc2c(c1)sc1cc(-n3c4ccccc4c4c5ccccc5c5sc6ccccc6c5c43)ccc12. The Hall–Kier alpha value is -13.4. The van der Waals surface area contributed by atoms with Crippen LogP contribution < -0.4 is 0 Å². The first-order chi connectivity index (χ1) is 55.1. The fourth-order valence-electron chi connectivity index (χ4n) is 18.7. The summed E-state index contributed by atoms with van der Waals surface area (Å²) in [6, 6.07) is 125. The van der Waals surface area contributed by atoms with Crippen LogP contribution in [0, 0.1) is 0 Å². The molecule has 0 aliphatic rings. The molecule has 111 heavy (non-hydrogen) atoms. The first-order valence-corrected chi connectivity index (χ1v) is 40.9. The maximum Gasteiger partial charge on any atom is 0.137 e. The molecule has 9 aromatic heterocycles. The van der Waals surface area contributed by atoms with Gasteiger partial charge in [-0.1, -0.05) is 243 Å². The van der Waals surface area contributed by atoms with Crippen molar-refractivity contribution in [2.75, 3.05) is 0 Å². The van der Waals surface area contributed by atoms with Crippen LogP contribution in [-0.2, 0) is 0 Å². The van der Waals surface area contributed by atoms with Gasteiger partial charge in [0.25, 0.3) is 0 Å². The summed E-state index contributed by atoms with van der Waals surface area (Å²) < 4.78 is 30.6. The molecule has 0 aliphatic carbocycles. The Morgan fingerprint density at radius 2 is 0.495 bits per heavy atom. The molecule has 0 fully saturated rings. The van der Waals surface area contributed by atoms with Crippen LogP contribution in [0.15, 0.2) is 355 Å². The second kappa shape index (κ2) is 23.6. The van der Waals surface area contributed by atoms with Crippen molar-refractivity contribution in [2.45, 2.75) is 0 Å². The van der Waals surface area contributed by atoms with Gasteiger partial charge < -0.3 is 22.5 Å². The minimum absolute atomic E-state index is 0.914. The van der Waals surface area contributed by atoms with Crippen molar-refractivity contribution >= 4 is 268 Å². The molecule has 18 aromatic carbocycles. The third kappa shape index (κ3) is 8.79. The number of thiophene rings is 4. The van der Waals surface area contributed by atoms with E-state index in [4.69, 9.17) is 8.83 Å². The second-order valence-corrected chi connectivity index (χ2v) is 33.3. The Morgan fingerprint density at radius 3 is 1.05 bits per heavy atom. The Morgan fingerprint density at radius 1 is 0.171 bits per heavy atom. The van der Waals surface area contributed by atoms with E-state index >= 15 is 0 Å². The summed E-state index contributed by atoms with van der Waals surface area (Å²) in [6.07, 6.45) is 0. The maximum atomic E-state index is 6.30. The van der Waals surface area contributed by atoms with Gasteiger partial charge in [0.2, 0.25) is 0 Å². The zero-order valence-electron chi connectivity index (χ0n) is 59.2. The molecule has 0 bridgehead atoms. The van der Waals surface area contributed by atoms with Gasteiger partial charge >= 0.3 is 0 Å². The number of fused-ring (bicyclic) bond motifs is 39. The second-order valence-electron chi connectivity index (χ2n) is 29.1. The van der Waals surface area contributed by atoms with E-state index in [1.165, 1.54) is 184 Å². The summed E-state index contributed by atoms with van der Waals surface area (Å²) in [5, 5.41) is 31.1. The molecule has 0 radical (unpaired) electrons. The largest absolute Gasteiger partial charge is 0.456 e. The fourth-order valence-corrected chi connectivity index (χ4v) is 23.6. The number of rotatable bonds is 3. The summed E-state index contributed by atoms with van der Waals surface area (Å²) >= 11 is 7.60. The molecular formula is C102H57N3O2S4. The minimum Gasteiger partial charge on any atom is -0.456 e. The van der Waals surface area contributed by atoms with Crippen molar-refractivity contribution in [1.29, 1.82) is 0 Å². The van der Waals surface area contributed by atoms with Crippen molar-refractivity contribution in [3.8, 4) is 17.1 Å². The standard InChI is InChI=1S/2C34H19NOS.C34H19NS2/c1-2-11-24-23(10-1)31-26-13-5-8-16-30(26)37-34(31)32-25-12-3-6-14-27(25)35(33(24)32)20-17-18-22-21-9-4-7-15-28(21)36-29(22)19-20;1-2-11-23-22(10-1)31-24-12-3-6-14-27(24)35(33(31)32-25-13-5-8-16-30(25)37-34(23)32)20-17-18-29-26(19-20)21-9-4-7-15-28(21)36-29;1-2-11-24-23(10-1)31-25-12-3-6-14-27(25)35(33(31)32-26-13-5-8-16-29(26)37-34(24)32)20-17-18-22-21-9-4-7-15-28(21)36-30(22)19-20/h3*1-19H. The zero-order valence-corrected chi connectivity index (χ0v) is 62.5. The first kappa shape index (κ1) is 61.6. The molecule has 0 unspecified atom stereocenters. The van der Waals surface area contributed by atoms with Crippen LogP contribution in [0.5, 0.6) is 0 Å². The van der Waals surface area contributed by atoms with Gasteiger partial charge in [0, 0.05) is 174 Å². The van der Waals surface area contributed by atoms with E-state index in [1.54, 1.807) is 0 Å². The molecule has 0 spiro atoms. The highest BCUT2D eigenvalue weighted by Gasteiger charge is 2.27. The van der Waals surface area contributed by atoms with Crippen LogP contribution in [0.2, 0.25) is 0 Å². The number of hydrogen-bond acceptors (Lipinski definition) is 6. The van der Waals surface area contributed by atoms with Crippen molar-refractivity contribution in [3.05, 3.63) is 346 Å². The maximum absolute atomic E-state index is 6.30. The Bertz CT molecular complexity index is 8690. The third-order valence-corrected chi connectivity index (χ3v) is 28.0. The van der Waals surface area contributed by atoms with Gasteiger partial charge in [-0.25, -0.2) is 0 Å². The molecule has 0 amide bonds. The highest BCUT2D eigenvalue weighted by molar-refractivity contribution is 7.28. The smallest absolute Gasteiger partial charge is 0.137 e. The lowest BCUT2D eigenvalue weighted by Gasteiger charge is -2.11. The van der Waals surface area contributed by atoms with Crippen molar-refractivity contribution in [2.24, 2.45) is 0 Å². The van der Waals surface area contributed by atoms with Gasteiger partial charge in [0.1, 0.15) is 22.3 Å². The summed E-state index contributed by atoms with van der Waals surface area (Å²) in [5.41, 5.74) is 14.7. The lowest BCUT2D eigenvalue weighted by Crippen LogP contribution is -1.94. The molecule has 0 atom stereocenters. The monoisotopic (exact) mass is 1480 g/mol. The first-order valence-electron chi connectivity index (χ1n) is 37.6. The predicted molar refractivity (Wildman–Crippen MR) is 481 cm³/mol. The van der Waals surface area contributed by atoms with Crippen molar-refractivity contribution in [3.63, 3.8) is 0 Å². The molecule has 27 aromatic rings. The Balaban J connectivity index is 0.0000000947. The summed E-state index contributed by atoms with van der Waals surface area (Å²) in [4.78, 5) is 0. The Kier molecular flexibility index (Phi) is 13.1. The van der Waals surface area contributed by atoms with Crippen molar-refractivity contribution in [1.82, 2.24) is 13.7 Å². The van der Waals surface area contributed by atoms with Crippen LogP contribution in [-0.4, -0.2) is 13.7 Å². The van der Waals surface area contributed by atoms with Gasteiger partial charge in [0.05, 0.1) is 33.1 Å². The lowest BCUT2D eigenvalue weighted by atomic mass is 10.00. The molecule has 9 heterocycles. The van der Waals surface area contributed by atoms with Crippen LogP contribution >= 0.6 is 45.3 Å². The quantitative estimate of drug-likeness (QED) is 0.177. The van der Waals surface area contributed by atoms with E-state index in [0.717, 1.165) is 55.3 Å². The number of hydrogen-bond donors (Lipinski definition) is 0. The number of nitrogens with zero attached hydrogens (tertiary/aromatic N) is 3. The third-order valence-electron chi connectivity index (χ3n) is 23.3. The summed E-state index contributed by atoms with van der Waals surface area (Å²) in [7, 11) is 0. The highest BCUT2D eigenvalue weighted by Crippen LogP contribution is 2.53. The van der Waals surface area contributed by atoms with E-state index in [1.807, 2.05) is 69.6 Å². The van der Waals surface area contributed by atoms with Crippen molar-refractivity contribution < 1.29 is 8.83 Å². The predicted octanol–water partition coefficient (Wildman–Crippen LogP) is 31.1. The molecule has 0 saturated carbocycles. The topological polar surface area (TPSA) is 41.1 Å². The molecule has 5 nitrogen and oxygen atoms in total. The molecule has 9 heteroatoms. The average Bonchev–Trinajstić information content (AvgIpc) is 1.55. The van der Waals surface area contributed by atoms with E-state index in [9.17, 15) is 0 Å². The minimum atomic E-state index is 0.914. The number of para-hydroxylation sites is 5. The summed E-state index contributed by atoms with van der Waals surface area (Å²) in [5.74, 6) is 0. The van der Waals surface area contributed by atoms with Crippen LogP contribution in [0.3, 0.4) is 0 Å². The fraction of sp³-hybridized carbons (Fsp3) is 0. The van der Waals surface area contributed by atoms with Crippen LogP contribution in [0.4, 0.5) is 0 Å². The van der Waals surface area contributed by atoms with Gasteiger partial charge in [-0.15, -0.1) is 45.3 Å². The van der Waals surface area contributed by atoms with Gasteiger partial charge in [0.15, 0.2) is 0 Å². The average molecular weight is 1480 g/mol. The molecule has 516 valence electrons. The molecule has 0 N–H and O–H groups in total. The van der Waals surface area contributed by atoms with E-state index in [2.05, 4.69) is 335 Å². The van der Waals surface area contributed by atoms with Crippen LogP contribution in [0.25, 0.3) is 239 Å². The van der Waals surface area contributed by atoms with E-state index < -0.39 is 0 Å². The molecule has 0 saturated heterocycles. The van der Waals surface area contributed by atoms with E-state index in [-0.39, 0.29) is 0 Å². The van der Waals surface area contributed by atoms with Crippen LogP contribution in [0.1, 0.15) is 0 Å². The highest BCUT2D eigenvalue weighted by atomic mass is 32.1. The number of benzene rings is 18. The van der Waals surface area contributed by atoms with Gasteiger partial charge in [-0.3, -0.25) is 0 Å². The van der Waals surface area contributed by atoms with Gasteiger partial charge in [-0.2, -0.15) is 0 Å². The zero-order chi connectivity index (χ0) is 72.3. The number of aromatic nitrogens is 3. The normalized spacial score (nSPS) is 12.3. The molecular weight excluding hydrogens is 1430 g/mol. The number of furan rings is 2. The van der Waals surface area contributed by atoms with E-state index in [0.29, 0.717) is 0 Å². The lowest BCUT2D eigenvalue weighted by molar-refractivity contribution is 0.668. The van der Waals surface area contributed by atoms with Gasteiger partial charge in [-0.05, 0) is 113 Å². The molecule has 0 aliphatic heterocycles.